The highest BCUT2D eigenvalue weighted by molar-refractivity contribution is 5.97. The summed E-state index contributed by atoms with van der Waals surface area (Å²) < 4.78 is 48.4. The van der Waals surface area contributed by atoms with Crippen LogP contribution in [0.15, 0.2) is 36.8 Å². The van der Waals surface area contributed by atoms with Gasteiger partial charge in [0.05, 0.1) is 43.4 Å². The third-order valence-electron chi connectivity index (χ3n) is 5.59. The predicted molar refractivity (Wildman–Crippen MR) is 95.4 cm³/mol. The topological polar surface area (TPSA) is 81.5 Å². The molecule has 1 spiro atoms. The molecule has 1 aliphatic carbocycles. The molecule has 0 unspecified atom stereocenters. The minimum Gasteiger partial charge on any atom is -0.360 e. The fourth-order valence-corrected chi connectivity index (χ4v) is 3.96. The van der Waals surface area contributed by atoms with E-state index in [1.807, 2.05) is 0 Å². The Labute approximate surface area is 161 Å². The summed E-state index contributed by atoms with van der Waals surface area (Å²) in [5.41, 5.74) is 2.12. The third kappa shape index (κ3) is 2.29. The second-order valence-corrected chi connectivity index (χ2v) is 7.34. The fourth-order valence-electron chi connectivity index (χ4n) is 3.96. The molecule has 0 bridgehead atoms. The first-order chi connectivity index (χ1) is 14.0. The summed E-state index contributed by atoms with van der Waals surface area (Å²) in [4.78, 5) is 8.40. The minimum absolute atomic E-state index is 0.0131. The van der Waals surface area contributed by atoms with Gasteiger partial charge in [0.1, 0.15) is 11.5 Å². The van der Waals surface area contributed by atoms with Crippen molar-refractivity contribution in [3.8, 4) is 22.5 Å². The summed E-state index contributed by atoms with van der Waals surface area (Å²) in [5, 5.41) is 12.2. The first kappa shape index (κ1) is 16.7. The average molecular weight is 398 g/mol. The Kier molecular flexibility index (Phi) is 3.11. The van der Waals surface area contributed by atoms with E-state index < -0.39 is 17.3 Å². The molecule has 0 radical (unpaired) electrons. The zero-order valence-electron chi connectivity index (χ0n) is 14.9. The molecule has 0 aromatic carbocycles. The van der Waals surface area contributed by atoms with Crippen molar-refractivity contribution in [2.75, 3.05) is 0 Å². The number of hydrogen-bond donors (Lipinski definition) is 1. The maximum Gasteiger partial charge on any atom is 0.281 e. The molecule has 6 rings (SSSR count). The standard InChI is InChI=1S/C19H13F3N6O/c20-10-1-2-13(24-5-10)16-15(11-3-4-23-17-12(11)6-25-26-17)14-7-29-18(8-19(18,21)22)9-28(14)27-16/h1-6H,7-9H2,(H,23,25,26)/t18-/m0/s1. The molecule has 2 aliphatic rings. The van der Waals surface area contributed by atoms with Crippen molar-refractivity contribution in [2.24, 2.45) is 0 Å². The predicted octanol–water partition coefficient (Wildman–Crippen LogP) is 3.33. The van der Waals surface area contributed by atoms with Crippen molar-refractivity contribution in [3.05, 3.63) is 48.3 Å². The third-order valence-corrected chi connectivity index (χ3v) is 5.59. The van der Waals surface area contributed by atoms with Crippen LogP contribution in [0, 0.1) is 5.82 Å². The van der Waals surface area contributed by atoms with Gasteiger partial charge in [-0.3, -0.25) is 14.8 Å². The smallest absolute Gasteiger partial charge is 0.281 e. The van der Waals surface area contributed by atoms with Gasteiger partial charge in [-0.1, -0.05) is 0 Å². The van der Waals surface area contributed by atoms with Crippen LogP contribution in [0.2, 0.25) is 0 Å². The highest BCUT2D eigenvalue weighted by Crippen LogP contribution is 2.58. The molecule has 5 heterocycles. The number of H-pyrrole nitrogens is 1. The maximum absolute atomic E-state index is 13.9. The highest BCUT2D eigenvalue weighted by Gasteiger charge is 2.74. The Hall–Kier alpha value is -3.27. The van der Waals surface area contributed by atoms with Crippen LogP contribution < -0.4 is 0 Å². The maximum atomic E-state index is 13.9. The summed E-state index contributed by atoms with van der Waals surface area (Å²) >= 11 is 0. The van der Waals surface area contributed by atoms with Gasteiger partial charge in [0, 0.05) is 22.7 Å². The number of pyridine rings is 2. The first-order valence-corrected chi connectivity index (χ1v) is 8.99. The summed E-state index contributed by atoms with van der Waals surface area (Å²) in [7, 11) is 0. The molecule has 1 aliphatic heterocycles. The van der Waals surface area contributed by atoms with Crippen molar-refractivity contribution < 1.29 is 17.9 Å². The number of hydrogen-bond acceptors (Lipinski definition) is 5. The zero-order chi connectivity index (χ0) is 19.8. The van der Waals surface area contributed by atoms with Crippen molar-refractivity contribution in [1.29, 1.82) is 0 Å². The van der Waals surface area contributed by atoms with Crippen molar-refractivity contribution in [2.45, 2.75) is 31.1 Å². The number of rotatable bonds is 2. The van der Waals surface area contributed by atoms with Gasteiger partial charge in [-0.25, -0.2) is 18.2 Å². The number of fused-ring (bicyclic) bond motifs is 2. The Morgan fingerprint density at radius 3 is 2.76 bits per heavy atom. The quantitative estimate of drug-likeness (QED) is 0.560. The van der Waals surface area contributed by atoms with Gasteiger partial charge in [-0.15, -0.1) is 0 Å². The summed E-state index contributed by atoms with van der Waals surface area (Å²) in [6.45, 7) is -0.0655. The van der Waals surface area contributed by atoms with E-state index in [4.69, 9.17) is 4.74 Å². The minimum atomic E-state index is -2.86. The van der Waals surface area contributed by atoms with E-state index in [0.29, 0.717) is 28.3 Å². The molecular weight excluding hydrogens is 385 g/mol. The number of alkyl halides is 2. The van der Waals surface area contributed by atoms with Crippen LogP contribution in [0.25, 0.3) is 33.5 Å². The lowest BCUT2D eigenvalue weighted by Gasteiger charge is -2.25. The van der Waals surface area contributed by atoms with Crippen LogP contribution >= 0.6 is 0 Å². The second-order valence-electron chi connectivity index (χ2n) is 7.34. The number of nitrogens with one attached hydrogen (secondary N) is 1. The van der Waals surface area contributed by atoms with E-state index in [0.717, 1.165) is 17.1 Å². The van der Waals surface area contributed by atoms with E-state index >= 15 is 0 Å². The van der Waals surface area contributed by atoms with E-state index in [1.54, 1.807) is 23.1 Å². The molecule has 1 fully saturated rings. The molecule has 146 valence electrons. The lowest BCUT2D eigenvalue weighted by molar-refractivity contribution is -0.0901. The van der Waals surface area contributed by atoms with Crippen LogP contribution in [0.4, 0.5) is 13.2 Å². The summed E-state index contributed by atoms with van der Waals surface area (Å²) in [6, 6.07) is 4.61. The Bertz CT molecular complexity index is 1260. The SMILES string of the molecule is Fc1ccc(-c2nn3c(c2-c2ccnc4[nH]ncc24)CO[C@]2(C3)CC2(F)F)nc1. The molecule has 0 amide bonds. The molecule has 4 aromatic heterocycles. The van der Waals surface area contributed by atoms with Crippen molar-refractivity contribution >= 4 is 11.0 Å². The van der Waals surface area contributed by atoms with Gasteiger partial charge < -0.3 is 4.74 Å². The lowest BCUT2D eigenvalue weighted by Crippen LogP contribution is -2.34. The Morgan fingerprint density at radius 1 is 1.14 bits per heavy atom. The molecule has 29 heavy (non-hydrogen) atoms. The fraction of sp³-hybridized carbons (Fsp3) is 0.263. The van der Waals surface area contributed by atoms with Gasteiger partial charge in [0.2, 0.25) is 0 Å². The Morgan fingerprint density at radius 2 is 2.00 bits per heavy atom. The van der Waals surface area contributed by atoms with Crippen LogP contribution in [0.5, 0.6) is 0 Å². The molecule has 1 N–H and O–H groups in total. The van der Waals surface area contributed by atoms with E-state index in [-0.39, 0.29) is 19.6 Å². The largest absolute Gasteiger partial charge is 0.360 e. The highest BCUT2D eigenvalue weighted by atomic mass is 19.3. The lowest BCUT2D eigenvalue weighted by atomic mass is 9.99. The number of nitrogens with zero attached hydrogens (tertiary/aromatic N) is 5. The van der Waals surface area contributed by atoms with Crippen LogP contribution in [-0.4, -0.2) is 41.5 Å². The summed E-state index contributed by atoms with van der Waals surface area (Å²) in [5.74, 6) is -3.33. The average Bonchev–Trinajstić information content (AvgIpc) is 3.09. The Balaban J connectivity index is 1.59. The number of aromatic amines is 1. The van der Waals surface area contributed by atoms with Crippen LogP contribution in [-0.2, 0) is 17.9 Å². The molecule has 1 atom stereocenters. The van der Waals surface area contributed by atoms with Gasteiger partial charge in [0.25, 0.3) is 5.92 Å². The van der Waals surface area contributed by atoms with Gasteiger partial charge in [-0.05, 0) is 18.2 Å². The molecule has 10 heteroatoms. The number of ether oxygens (including phenoxy) is 1. The van der Waals surface area contributed by atoms with Crippen LogP contribution in [0.3, 0.4) is 0 Å². The van der Waals surface area contributed by atoms with E-state index in [2.05, 4.69) is 25.3 Å². The normalized spacial score (nSPS) is 22.2. The van der Waals surface area contributed by atoms with Gasteiger partial charge in [0.15, 0.2) is 11.2 Å². The molecule has 7 nitrogen and oxygen atoms in total. The van der Waals surface area contributed by atoms with Crippen molar-refractivity contribution in [3.63, 3.8) is 0 Å². The summed E-state index contributed by atoms with van der Waals surface area (Å²) in [6.07, 6.45) is 4.05. The van der Waals surface area contributed by atoms with E-state index in [9.17, 15) is 13.2 Å². The van der Waals surface area contributed by atoms with Crippen LogP contribution in [0.1, 0.15) is 12.1 Å². The number of aromatic nitrogens is 6. The molecule has 1 saturated carbocycles. The van der Waals surface area contributed by atoms with Gasteiger partial charge in [-0.2, -0.15) is 10.2 Å². The van der Waals surface area contributed by atoms with E-state index in [1.165, 1.54) is 12.1 Å². The van der Waals surface area contributed by atoms with Gasteiger partial charge >= 0.3 is 0 Å². The van der Waals surface area contributed by atoms with Crippen molar-refractivity contribution in [1.82, 2.24) is 29.9 Å². The molecular formula is C19H13F3N6O. The number of halogens is 3. The first-order valence-electron chi connectivity index (χ1n) is 8.99. The monoisotopic (exact) mass is 398 g/mol. The zero-order valence-corrected chi connectivity index (χ0v) is 14.9. The second kappa shape index (κ2) is 5.41. The molecule has 0 saturated heterocycles. The molecule has 4 aromatic rings.